The summed E-state index contributed by atoms with van der Waals surface area (Å²) in [5, 5.41) is 9.62. The smallest absolute Gasteiger partial charge is 0.255 e. The Morgan fingerprint density at radius 3 is 2.52 bits per heavy atom. The summed E-state index contributed by atoms with van der Waals surface area (Å²) in [5.74, 6) is 0.504. The van der Waals surface area contributed by atoms with Gasteiger partial charge in [0, 0.05) is 16.9 Å². The molecular formula is C19H19N3O2S. The average molecular weight is 353 g/mol. The van der Waals surface area contributed by atoms with Gasteiger partial charge in [-0.05, 0) is 37.3 Å². The van der Waals surface area contributed by atoms with Gasteiger partial charge in [0.15, 0.2) is 5.11 Å². The molecule has 0 saturated carbocycles. The first-order chi connectivity index (χ1) is 12.1. The van der Waals surface area contributed by atoms with Crippen molar-refractivity contribution in [2.24, 2.45) is 0 Å². The molecule has 0 radical (unpaired) electrons. The maximum absolute atomic E-state index is 12.9. The molecule has 128 valence electrons. The van der Waals surface area contributed by atoms with Gasteiger partial charge in [-0.15, -0.1) is 0 Å². The summed E-state index contributed by atoms with van der Waals surface area (Å²) in [6.45, 7) is 1.84. The highest BCUT2D eigenvalue weighted by Gasteiger charge is 2.31. The van der Waals surface area contributed by atoms with Crippen molar-refractivity contribution in [1.82, 2.24) is 10.6 Å². The zero-order valence-corrected chi connectivity index (χ0v) is 14.8. The molecule has 2 aromatic carbocycles. The Bertz CT molecular complexity index is 834. The molecule has 0 saturated heterocycles. The summed E-state index contributed by atoms with van der Waals surface area (Å²) in [6, 6.07) is 16.5. The van der Waals surface area contributed by atoms with E-state index in [4.69, 9.17) is 17.0 Å². The molecule has 3 N–H and O–H groups in total. The van der Waals surface area contributed by atoms with Crippen molar-refractivity contribution in [3.63, 3.8) is 0 Å². The van der Waals surface area contributed by atoms with E-state index >= 15 is 0 Å². The molecule has 5 nitrogen and oxygen atoms in total. The maximum atomic E-state index is 12.9. The van der Waals surface area contributed by atoms with Crippen molar-refractivity contribution >= 4 is 28.9 Å². The number of carbonyl (C=O) groups excluding carboxylic acids is 1. The van der Waals surface area contributed by atoms with Gasteiger partial charge in [-0.3, -0.25) is 4.79 Å². The molecule has 25 heavy (non-hydrogen) atoms. The van der Waals surface area contributed by atoms with E-state index in [9.17, 15) is 4.79 Å². The standard InChI is InChI=1S/C19H19N3O2S/c1-12-16(18(23)21-13-8-4-3-5-9-13)17(22-19(25)20-12)14-10-6-7-11-15(14)24-2/h3-11,17H,1-2H3,(H,21,23)(H2,20,22,25). The van der Waals surface area contributed by atoms with Gasteiger partial charge in [0.1, 0.15) is 5.75 Å². The summed E-state index contributed by atoms with van der Waals surface area (Å²) < 4.78 is 5.46. The summed E-state index contributed by atoms with van der Waals surface area (Å²) in [4.78, 5) is 12.9. The topological polar surface area (TPSA) is 62.4 Å². The second-order valence-electron chi connectivity index (χ2n) is 5.63. The number of nitrogens with one attached hydrogen (secondary N) is 3. The van der Waals surface area contributed by atoms with Crippen molar-refractivity contribution in [2.75, 3.05) is 12.4 Å². The second-order valence-corrected chi connectivity index (χ2v) is 6.04. The minimum atomic E-state index is -0.395. The highest BCUT2D eigenvalue weighted by Crippen LogP contribution is 2.33. The van der Waals surface area contributed by atoms with Crippen LogP contribution >= 0.6 is 12.2 Å². The fourth-order valence-electron chi connectivity index (χ4n) is 2.85. The van der Waals surface area contributed by atoms with Crippen molar-refractivity contribution in [3.8, 4) is 5.75 Å². The predicted octanol–water partition coefficient (Wildman–Crippen LogP) is 3.13. The monoisotopic (exact) mass is 353 g/mol. The molecule has 0 aliphatic carbocycles. The molecule has 1 amide bonds. The Balaban J connectivity index is 1.99. The molecule has 1 aliphatic heterocycles. The van der Waals surface area contributed by atoms with Gasteiger partial charge in [-0.25, -0.2) is 0 Å². The molecule has 2 aromatic rings. The van der Waals surface area contributed by atoms with Crippen molar-refractivity contribution in [3.05, 3.63) is 71.4 Å². The lowest BCUT2D eigenvalue weighted by Gasteiger charge is -2.31. The zero-order chi connectivity index (χ0) is 17.8. The molecular weight excluding hydrogens is 334 g/mol. The Morgan fingerprint density at radius 2 is 1.80 bits per heavy atom. The third-order valence-corrected chi connectivity index (χ3v) is 4.22. The van der Waals surface area contributed by atoms with Gasteiger partial charge in [0.05, 0.1) is 18.7 Å². The Morgan fingerprint density at radius 1 is 1.12 bits per heavy atom. The second kappa shape index (κ2) is 7.36. The van der Waals surface area contributed by atoms with E-state index in [2.05, 4.69) is 16.0 Å². The van der Waals surface area contributed by atoms with Crippen LogP contribution in [0, 0.1) is 0 Å². The molecule has 6 heteroatoms. The zero-order valence-electron chi connectivity index (χ0n) is 14.0. The van der Waals surface area contributed by atoms with E-state index < -0.39 is 6.04 Å². The summed E-state index contributed by atoms with van der Waals surface area (Å²) in [5.41, 5.74) is 2.88. The number of carbonyl (C=O) groups is 1. The van der Waals surface area contributed by atoms with Crippen LogP contribution in [0.3, 0.4) is 0 Å². The fourth-order valence-corrected chi connectivity index (χ4v) is 3.12. The number of allylic oxidation sites excluding steroid dienone is 1. The van der Waals surface area contributed by atoms with Crippen LogP contribution in [0.5, 0.6) is 5.75 Å². The quantitative estimate of drug-likeness (QED) is 0.737. The Labute approximate surface area is 152 Å². The summed E-state index contributed by atoms with van der Waals surface area (Å²) in [6.07, 6.45) is 0. The number of methoxy groups -OCH3 is 1. The van der Waals surface area contributed by atoms with E-state index in [0.29, 0.717) is 22.1 Å². The molecule has 1 unspecified atom stereocenters. The molecule has 1 atom stereocenters. The fraction of sp³-hybridized carbons (Fsp3) is 0.158. The van der Waals surface area contributed by atoms with E-state index in [0.717, 1.165) is 11.3 Å². The van der Waals surface area contributed by atoms with Crippen LogP contribution < -0.4 is 20.7 Å². The lowest BCUT2D eigenvalue weighted by Crippen LogP contribution is -2.45. The Kier molecular flexibility index (Phi) is 5.00. The van der Waals surface area contributed by atoms with E-state index in [1.807, 2.05) is 61.5 Å². The first kappa shape index (κ1) is 17.0. The molecule has 1 aliphatic rings. The van der Waals surface area contributed by atoms with Gasteiger partial charge in [0.2, 0.25) is 0 Å². The third-order valence-electron chi connectivity index (χ3n) is 4.00. The van der Waals surface area contributed by atoms with Gasteiger partial charge in [0.25, 0.3) is 5.91 Å². The Hall–Kier alpha value is -2.86. The van der Waals surface area contributed by atoms with Gasteiger partial charge >= 0.3 is 0 Å². The van der Waals surface area contributed by atoms with Crippen LogP contribution in [0.2, 0.25) is 0 Å². The number of hydrogen-bond donors (Lipinski definition) is 3. The lowest BCUT2D eigenvalue weighted by atomic mass is 9.94. The number of anilines is 1. The van der Waals surface area contributed by atoms with Gasteiger partial charge in [-0.2, -0.15) is 0 Å². The van der Waals surface area contributed by atoms with Crippen LogP contribution in [-0.2, 0) is 4.79 Å². The lowest BCUT2D eigenvalue weighted by molar-refractivity contribution is -0.113. The number of benzene rings is 2. The molecule has 3 rings (SSSR count). The number of thiocarbonyl (C=S) groups is 1. The molecule has 0 fully saturated rings. The highest BCUT2D eigenvalue weighted by molar-refractivity contribution is 7.80. The first-order valence-corrected chi connectivity index (χ1v) is 8.28. The molecule has 1 heterocycles. The first-order valence-electron chi connectivity index (χ1n) is 7.87. The van der Waals surface area contributed by atoms with Crippen molar-refractivity contribution in [2.45, 2.75) is 13.0 Å². The van der Waals surface area contributed by atoms with E-state index in [1.54, 1.807) is 7.11 Å². The number of para-hydroxylation sites is 2. The van der Waals surface area contributed by atoms with Crippen LogP contribution in [0.4, 0.5) is 5.69 Å². The summed E-state index contributed by atoms with van der Waals surface area (Å²) in [7, 11) is 1.61. The SMILES string of the molecule is COc1ccccc1C1NC(=S)NC(C)=C1C(=O)Nc1ccccc1. The predicted molar refractivity (Wildman–Crippen MR) is 102 cm³/mol. The number of rotatable bonds is 4. The van der Waals surface area contributed by atoms with Gasteiger partial charge < -0.3 is 20.7 Å². The number of hydrogen-bond acceptors (Lipinski definition) is 3. The highest BCUT2D eigenvalue weighted by atomic mass is 32.1. The largest absolute Gasteiger partial charge is 0.496 e. The average Bonchev–Trinajstić information content (AvgIpc) is 2.61. The third kappa shape index (κ3) is 3.64. The van der Waals surface area contributed by atoms with Crippen LogP contribution in [0.25, 0.3) is 0 Å². The molecule has 0 aromatic heterocycles. The maximum Gasteiger partial charge on any atom is 0.255 e. The van der Waals surface area contributed by atoms with E-state index in [1.165, 1.54) is 0 Å². The van der Waals surface area contributed by atoms with Crippen molar-refractivity contribution < 1.29 is 9.53 Å². The summed E-state index contributed by atoms with van der Waals surface area (Å²) >= 11 is 5.28. The molecule has 0 spiro atoms. The molecule has 0 bridgehead atoms. The van der Waals surface area contributed by atoms with Crippen molar-refractivity contribution in [1.29, 1.82) is 0 Å². The van der Waals surface area contributed by atoms with Crippen LogP contribution in [0.15, 0.2) is 65.9 Å². The van der Waals surface area contributed by atoms with Gasteiger partial charge in [-0.1, -0.05) is 36.4 Å². The van der Waals surface area contributed by atoms with Crippen LogP contribution in [-0.4, -0.2) is 18.1 Å². The van der Waals surface area contributed by atoms with Crippen LogP contribution in [0.1, 0.15) is 18.5 Å². The number of ether oxygens (including phenoxy) is 1. The number of amides is 1. The minimum absolute atomic E-state index is 0.192. The van der Waals surface area contributed by atoms with E-state index in [-0.39, 0.29) is 5.91 Å². The normalized spacial score (nSPS) is 16.7. The minimum Gasteiger partial charge on any atom is -0.496 e.